The Morgan fingerprint density at radius 2 is 2.23 bits per heavy atom. The van der Waals surface area contributed by atoms with Crippen LogP contribution in [0.25, 0.3) is 0 Å². The van der Waals surface area contributed by atoms with Crippen molar-refractivity contribution in [2.24, 2.45) is 5.73 Å². The van der Waals surface area contributed by atoms with Crippen LogP contribution in [-0.2, 0) is 14.6 Å². The van der Waals surface area contributed by atoms with Crippen molar-refractivity contribution in [2.75, 3.05) is 5.75 Å². The second-order valence-electron chi connectivity index (χ2n) is 3.31. The van der Waals surface area contributed by atoms with Crippen LogP contribution in [-0.4, -0.2) is 36.5 Å². The molecule has 0 bridgehead atoms. The van der Waals surface area contributed by atoms with Gasteiger partial charge in [-0.05, 0) is 19.3 Å². The molecular formula is C7H13NO4S. The number of aliphatic carboxylic acids is 1. The Morgan fingerprint density at radius 3 is 2.62 bits per heavy atom. The number of nitrogens with two attached hydrogens (primary N) is 1. The van der Waals surface area contributed by atoms with Gasteiger partial charge in [0.2, 0.25) is 0 Å². The van der Waals surface area contributed by atoms with Gasteiger partial charge < -0.3 is 10.8 Å². The maximum absolute atomic E-state index is 11.3. The van der Waals surface area contributed by atoms with E-state index in [4.69, 9.17) is 10.8 Å². The Kier molecular flexibility index (Phi) is 2.92. The Hall–Kier alpha value is -0.620. The van der Waals surface area contributed by atoms with E-state index in [1.807, 2.05) is 0 Å². The molecule has 0 aromatic carbocycles. The van der Waals surface area contributed by atoms with Crippen molar-refractivity contribution in [3.8, 4) is 0 Å². The molecule has 0 spiro atoms. The van der Waals surface area contributed by atoms with Gasteiger partial charge in [-0.25, -0.2) is 8.42 Å². The van der Waals surface area contributed by atoms with Gasteiger partial charge in [0.25, 0.3) is 0 Å². The van der Waals surface area contributed by atoms with Gasteiger partial charge in [0.1, 0.15) is 6.04 Å². The predicted octanol–water partition coefficient (Wildman–Crippen LogP) is -0.634. The van der Waals surface area contributed by atoms with Crippen LogP contribution >= 0.6 is 0 Å². The molecule has 6 heteroatoms. The van der Waals surface area contributed by atoms with Crippen LogP contribution in [0.5, 0.6) is 0 Å². The lowest BCUT2D eigenvalue weighted by Crippen LogP contribution is -2.35. The summed E-state index contributed by atoms with van der Waals surface area (Å²) in [5.74, 6) is -0.966. The van der Waals surface area contributed by atoms with Crippen LogP contribution in [0.1, 0.15) is 19.3 Å². The van der Waals surface area contributed by atoms with E-state index in [1.54, 1.807) is 0 Å². The number of carbonyl (C=O) groups is 1. The molecule has 1 saturated heterocycles. The zero-order chi connectivity index (χ0) is 10.1. The van der Waals surface area contributed by atoms with Crippen molar-refractivity contribution in [1.82, 2.24) is 0 Å². The molecule has 0 aromatic heterocycles. The molecule has 3 N–H and O–H groups in total. The van der Waals surface area contributed by atoms with Crippen LogP contribution < -0.4 is 5.73 Å². The summed E-state index contributed by atoms with van der Waals surface area (Å²) in [6, 6.07) is -1.06. The Labute approximate surface area is 76.8 Å². The lowest BCUT2D eigenvalue weighted by molar-refractivity contribution is -0.138. The van der Waals surface area contributed by atoms with E-state index in [0.29, 0.717) is 12.8 Å². The van der Waals surface area contributed by atoms with E-state index in [9.17, 15) is 13.2 Å². The van der Waals surface area contributed by atoms with Crippen LogP contribution in [0.4, 0.5) is 0 Å². The van der Waals surface area contributed by atoms with E-state index < -0.39 is 27.1 Å². The molecule has 1 heterocycles. The first-order valence-corrected chi connectivity index (χ1v) is 5.85. The van der Waals surface area contributed by atoms with E-state index in [0.717, 1.165) is 0 Å². The number of carboxylic acids is 1. The highest BCUT2D eigenvalue weighted by Crippen LogP contribution is 2.23. The molecule has 1 aliphatic heterocycles. The normalized spacial score (nSPS) is 28.5. The summed E-state index contributed by atoms with van der Waals surface area (Å²) in [6.07, 6.45) is 1.21. The molecule has 0 aromatic rings. The van der Waals surface area contributed by atoms with Gasteiger partial charge in [-0.1, -0.05) is 0 Å². The lowest BCUT2D eigenvalue weighted by atomic mass is 10.1. The summed E-state index contributed by atoms with van der Waals surface area (Å²) in [6.45, 7) is 0. The fourth-order valence-electron chi connectivity index (χ4n) is 1.51. The summed E-state index contributed by atoms with van der Waals surface area (Å²) >= 11 is 0. The third-order valence-corrected chi connectivity index (χ3v) is 4.60. The van der Waals surface area contributed by atoms with Crippen molar-refractivity contribution in [3.05, 3.63) is 0 Å². The van der Waals surface area contributed by atoms with Crippen molar-refractivity contribution in [3.63, 3.8) is 0 Å². The standard InChI is InChI=1S/C7H13NO4S/c8-6(7(9)10)4-5-2-1-3-13(5,11)12/h5-6H,1-4,8H2,(H,9,10)/t5?,6-/m1/s1. The number of carboxylic acid groups (broad SMARTS) is 1. The third-order valence-electron chi connectivity index (χ3n) is 2.30. The zero-order valence-electron chi connectivity index (χ0n) is 7.14. The third kappa shape index (κ3) is 2.41. The smallest absolute Gasteiger partial charge is 0.320 e. The summed E-state index contributed by atoms with van der Waals surface area (Å²) in [5, 5.41) is 7.95. The number of hydrogen-bond donors (Lipinski definition) is 2. The largest absolute Gasteiger partial charge is 0.480 e. The monoisotopic (exact) mass is 207 g/mol. The molecular weight excluding hydrogens is 194 g/mol. The molecule has 13 heavy (non-hydrogen) atoms. The second kappa shape index (κ2) is 3.63. The average molecular weight is 207 g/mol. The van der Waals surface area contributed by atoms with E-state index in [1.165, 1.54) is 0 Å². The maximum atomic E-state index is 11.3. The molecule has 1 fully saturated rings. The van der Waals surface area contributed by atoms with Gasteiger partial charge in [-0.15, -0.1) is 0 Å². The highest BCUT2D eigenvalue weighted by atomic mass is 32.2. The van der Waals surface area contributed by atoms with Crippen LogP contribution in [0.15, 0.2) is 0 Å². The maximum Gasteiger partial charge on any atom is 0.320 e. The summed E-state index contributed by atoms with van der Waals surface area (Å²) in [7, 11) is -3.06. The lowest BCUT2D eigenvalue weighted by Gasteiger charge is -2.11. The first-order valence-electron chi connectivity index (χ1n) is 4.13. The predicted molar refractivity (Wildman–Crippen MR) is 47.0 cm³/mol. The molecule has 1 unspecified atom stereocenters. The van der Waals surface area contributed by atoms with Gasteiger partial charge in [-0.2, -0.15) is 0 Å². The van der Waals surface area contributed by atoms with E-state index >= 15 is 0 Å². The molecule has 5 nitrogen and oxygen atoms in total. The molecule has 0 saturated carbocycles. The van der Waals surface area contributed by atoms with Crippen LogP contribution in [0.3, 0.4) is 0 Å². The molecule has 76 valence electrons. The van der Waals surface area contributed by atoms with Crippen LogP contribution in [0.2, 0.25) is 0 Å². The molecule has 0 radical (unpaired) electrons. The quantitative estimate of drug-likeness (QED) is 0.642. The van der Waals surface area contributed by atoms with Gasteiger partial charge >= 0.3 is 5.97 Å². The topological polar surface area (TPSA) is 97.5 Å². The summed E-state index contributed by atoms with van der Waals surface area (Å²) in [5.41, 5.74) is 5.25. The second-order valence-corrected chi connectivity index (χ2v) is 5.71. The Balaban J connectivity index is 2.60. The number of sulfone groups is 1. The number of hydrogen-bond acceptors (Lipinski definition) is 4. The van der Waals surface area contributed by atoms with Crippen molar-refractivity contribution in [2.45, 2.75) is 30.6 Å². The van der Waals surface area contributed by atoms with E-state index in [-0.39, 0.29) is 12.2 Å². The molecule has 1 aliphatic rings. The highest BCUT2D eigenvalue weighted by Gasteiger charge is 2.33. The number of rotatable bonds is 3. The average Bonchev–Trinajstić information content (AvgIpc) is 2.30. The fraction of sp³-hybridized carbons (Fsp3) is 0.857. The van der Waals surface area contributed by atoms with Gasteiger partial charge in [-0.3, -0.25) is 4.79 Å². The molecule has 1 rings (SSSR count). The minimum Gasteiger partial charge on any atom is -0.480 e. The van der Waals surface area contributed by atoms with Crippen LogP contribution in [0, 0.1) is 0 Å². The minimum atomic E-state index is -3.06. The van der Waals surface area contributed by atoms with Crippen molar-refractivity contribution in [1.29, 1.82) is 0 Å². The SMILES string of the molecule is N[C@H](CC1CCCS1(=O)=O)C(=O)O. The molecule has 2 atom stereocenters. The van der Waals surface area contributed by atoms with Gasteiger partial charge in [0.05, 0.1) is 11.0 Å². The van der Waals surface area contributed by atoms with Gasteiger partial charge in [0.15, 0.2) is 9.84 Å². The Morgan fingerprint density at radius 1 is 1.62 bits per heavy atom. The molecule has 0 amide bonds. The summed E-state index contributed by atoms with van der Waals surface area (Å²) in [4.78, 5) is 10.4. The van der Waals surface area contributed by atoms with Crippen molar-refractivity contribution < 1.29 is 18.3 Å². The molecule has 0 aliphatic carbocycles. The first kappa shape index (κ1) is 10.5. The Bertz CT molecular complexity index is 298. The highest BCUT2D eigenvalue weighted by molar-refractivity contribution is 7.92. The van der Waals surface area contributed by atoms with Crippen molar-refractivity contribution >= 4 is 15.8 Å². The van der Waals surface area contributed by atoms with Gasteiger partial charge in [0, 0.05) is 0 Å². The fourth-order valence-corrected chi connectivity index (χ4v) is 3.44. The first-order chi connectivity index (χ1) is 5.93. The van der Waals surface area contributed by atoms with E-state index in [2.05, 4.69) is 0 Å². The summed E-state index contributed by atoms with van der Waals surface area (Å²) < 4.78 is 22.5. The zero-order valence-corrected chi connectivity index (χ0v) is 7.96. The minimum absolute atomic E-state index is 0.0394.